The van der Waals surface area contributed by atoms with Crippen LogP contribution in [0.25, 0.3) is 0 Å². The molecule has 3 unspecified atom stereocenters. The first-order chi connectivity index (χ1) is 9.38. The van der Waals surface area contributed by atoms with Gasteiger partial charge in [-0.2, -0.15) is 0 Å². The van der Waals surface area contributed by atoms with Crippen molar-refractivity contribution >= 4 is 11.9 Å². The molecule has 1 aliphatic rings. The SMILES string of the molecule is CC1CC(C)C(C)N(C(=O)c2cn(CC(=O)O)nn2)C1. The highest BCUT2D eigenvalue weighted by atomic mass is 16.4. The van der Waals surface area contributed by atoms with Gasteiger partial charge in [0.05, 0.1) is 6.20 Å². The molecule has 1 amide bonds. The Hall–Kier alpha value is -1.92. The molecule has 7 heteroatoms. The molecule has 0 spiro atoms. The molecule has 0 saturated carbocycles. The third kappa shape index (κ3) is 2.97. The zero-order valence-corrected chi connectivity index (χ0v) is 12.0. The molecule has 1 saturated heterocycles. The van der Waals surface area contributed by atoms with E-state index in [-0.39, 0.29) is 24.2 Å². The minimum Gasteiger partial charge on any atom is -0.480 e. The average Bonchev–Trinajstić information content (AvgIpc) is 2.80. The summed E-state index contributed by atoms with van der Waals surface area (Å²) in [6, 6.07) is 0.156. The van der Waals surface area contributed by atoms with Gasteiger partial charge in [0.25, 0.3) is 5.91 Å². The van der Waals surface area contributed by atoms with E-state index in [1.807, 2.05) is 11.8 Å². The van der Waals surface area contributed by atoms with Crippen LogP contribution in [-0.2, 0) is 11.3 Å². The van der Waals surface area contributed by atoms with Crippen LogP contribution in [0.1, 0.15) is 37.7 Å². The number of nitrogens with zero attached hydrogens (tertiary/aromatic N) is 4. The summed E-state index contributed by atoms with van der Waals surface area (Å²) in [5, 5.41) is 16.2. The number of carboxylic acid groups (broad SMARTS) is 1. The first-order valence-corrected chi connectivity index (χ1v) is 6.81. The molecule has 20 heavy (non-hydrogen) atoms. The summed E-state index contributed by atoms with van der Waals surface area (Å²) in [4.78, 5) is 24.9. The Morgan fingerprint density at radius 3 is 2.75 bits per heavy atom. The summed E-state index contributed by atoms with van der Waals surface area (Å²) in [6.45, 7) is 6.72. The normalized spacial score (nSPS) is 26.6. The van der Waals surface area contributed by atoms with Crippen LogP contribution in [0, 0.1) is 11.8 Å². The van der Waals surface area contributed by atoms with Crippen molar-refractivity contribution in [3.05, 3.63) is 11.9 Å². The summed E-state index contributed by atoms with van der Waals surface area (Å²) >= 11 is 0. The second kappa shape index (κ2) is 5.60. The molecular formula is C13H20N4O3. The van der Waals surface area contributed by atoms with E-state index >= 15 is 0 Å². The zero-order chi connectivity index (χ0) is 14.9. The number of carbonyl (C=O) groups excluding carboxylic acids is 1. The second-order valence-corrected chi connectivity index (χ2v) is 5.71. The lowest BCUT2D eigenvalue weighted by Gasteiger charge is -2.40. The Labute approximate surface area is 117 Å². The maximum absolute atomic E-state index is 12.5. The van der Waals surface area contributed by atoms with E-state index in [1.165, 1.54) is 6.20 Å². The molecule has 1 fully saturated rings. The molecule has 1 N–H and O–H groups in total. The van der Waals surface area contributed by atoms with E-state index in [0.29, 0.717) is 18.4 Å². The van der Waals surface area contributed by atoms with Crippen LogP contribution in [0.4, 0.5) is 0 Å². The smallest absolute Gasteiger partial charge is 0.325 e. The van der Waals surface area contributed by atoms with Crippen LogP contribution in [0.15, 0.2) is 6.20 Å². The number of carboxylic acids is 1. The predicted octanol–water partition coefficient (Wildman–Crippen LogP) is 0.869. The van der Waals surface area contributed by atoms with Crippen LogP contribution in [0.3, 0.4) is 0 Å². The fourth-order valence-electron chi connectivity index (χ4n) is 2.74. The van der Waals surface area contributed by atoms with Crippen LogP contribution in [0.5, 0.6) is 0 Å². The number of aliphatic carboxylic acids is 1. The fourth-order valence-corrected chi connectivity index (χ4v) is 2.74. The summed E-state index contributed by atoms with van der Waals surface area (Å²) in [5.41, 5.74) is 0.208. The van der Waals surface area contributed by atoms with Gasteiger partial charge in [-0.05, 0) is 25.2 Å². The first kappa shape index (κ1) is 14.5. The minimum absolute atomic E-state index is 0.156. The van der Waals surface area contributed by atoms with Crippen molar-refractivity contribution in [3.8, 4) is 0 Å². The molecule has 0 aromatic carbocycles. The van der Waals surface area contributed by atoms with E-state index in [1.54, 1.807) is 0 Å². The van der Waals surface area contributed by atoms with Gasteiger partial charge in [0, 0.05) is 12.6 Å². The van der Waals surface area contributed by atoms with Crippen molar-refractivity contribution in [1.29, 1.82) is 0 Å². The molecule has 1 aromatic heterocycles. The number of hydrogen-bond acceptors (Lipinski definition) is 4. The minimum atomic E-state index is -1.01. The summed E-state index contributed by atoms with van der Waals surface area (Å²) in [7, 11) is 0. The Balaban J connectivity index is 2.13. The van der Waals surface area contributed by atoms with E-state index in [0.717, 1.165) is 11.1 Å². The fraction of sp³-hybridized carbons (Fsp3) is 0.692. The second-order valence-electron chi connectivity index (χ2n) is 5.71. The topological polar surface area (TPSA) is 88.3 Å². The lowest BCUT2D eigenvalue weighted by molar-refractivity contribution is -0.137. The van der Waals surface area contributed by atoms with Crippen molar-refractivity contribution in [2.75, 3.05) is 6.54 Å². The predicted molar refractivity (Wildman–Crippen MR) is 71.1 cm³/mol. The summed E-state index contributed by atoms with van der Waals surface area (Å²) < 4.78 is 1.16. The largest absolute Gasteiger partial charge is 0.480 e. The summed E-state index contributed by atoms with van der Waals surface area (Å²) in [6.07, 6.45) is 2.50. The third-order valence-electron chi connectivity index (χ3n) is 3.91. The van der Waals surface area contributed by atoms with Gasteiger partial charge in [-0.1, -0.05) is 19.1 Å². The van der Waals surface area contributed by atoms with Gasteiger partial charge in [0.2, 0.25) is 0 Å². The zero-order valence-electron chi connectivity index (χ0n) is 12.0. The van der Waals surface area contributed by atoms with Gasteiger partial charge in [0.15, 0.2) is 5.69 Å². The molecule has 0 bridgehead atoms. The highest BCUT2D eigenvalue weighted by Gasteiger charge is 2.33. The monoisotopic (exact) mass is 280 g/mol. The van der Waals surface area contributed by atoms with Crippen molar-refractivity contribution in [3.63, 3.8) is 0 Å². The molecule has 0 aliphatic carbocycles. The van der Waals surface area contributed by atoms with Gasteiger partial charge in [-0.15, -0.1) is 5.10 Å². The quantitative estimate of drug-likeness (QED) is 0.887. The van der Waals surface area contributed by atoms with E-state index in [2.05, 4.69) is 24.2 Å². The number of carbonyl (C=O) groups is 2. The maximum Gasteiger partial charge on any atom is 0.325 e. The molecular weight excluding hydrogens is 260 g/mol. The van der Waals surface area contributed by atoms with Crippen LogP contribution >= 0.6 is 0 Å². The molecule has 2 rings (SSSR count). The van der Waals surface area contributed by atoms with Crippen LogP contribution in [-0.4, -0.2) is 49.5 Å². The van der Waals surface area contributed by atoms with Crippen molar-refractivity contribution in [2.24, 2.45) is 11.8 Å². The highest BCUT2D eigenvalue weighted by Crippen LogP contribution is 2.27. The highest BCUT2D eigenvalue weighted by molar-refractivity contribution is 5.92. The molecule has 2 heterocycles. The van der Waals surface area contributed by atoms with E-state index in [9.17, 15) is 9.59 Å². The number of aromatic nitrogens is 3. The number of amides is 1. The van der Waals surface area contributed by atoms with Crippen molar-refractivity contribution in [1.82, 2.24) is 19.9 Å². The Morgan fingerprint density at radius 2 is 2.10 bits per heavy atom. The molecule has 110 valence electrons. The Kier molecular flexibility index (Phi) is 4.06. The van der Waals surface area contributed by atoms with E-state index in [4.69, 9.17) is 5.11 Å². The van der Waals surface area contributed by atoms with E-state index < -0.39 is 5.97 Å². The Morgan fingerprint density at radius 1 is 1.40 bits per heavy atom. The first-order valence-electron chi connectivity index (χ1n) is 6.81. The number of hydrogen-bond donors (Lipinski definition) is 1. The lowest BCUT2D eigenvalue weighted by Crippen LogP contribution is -2.49. The summed E-state index contributed by atoms with van der Waals surface area (Å²) in [5.74, 6) is -0.286. The third-order valence-corrected chi connectivity index (χ3v) is 3.91. The van der Waals surface area contributed by atoms with Crippen LogP contribution in [0.2, 0.25) is 0 Å². The number of rotatable bonds is 3. The van der Waals surface area contributed by atoms with Crippen molar-refractivity contribution < 1.29 is 14.7 Å². The standard InChI is InChI=1S/C13H20N4O3/c1-8-4-9(2)10(3)17(5-8)13(20)11-6-16(15-14-11)7-12(18)19/h6,8-10H,4-5,7H2,1-3H3,(H,18,19). The molecule has 1 aliphatic heterocycles. The van der Waals surface area contributed by atoms with Crippen molar-refractivity contribution in [2.45, 2.75) is 39.8 Å². The molecule has 1 aromatic rings. The Bertz CT molecular complexity index is 513. The average molecular weight is 280 g/mol. The molecule has 0 radical (unpaired) electrons. The number of piperidine rings is 1. The van der Waals surface area contributed by atoms with Gasteiger partial charge < -0.3 is 10.0 Å². The van der Waals surface area contributed by atoms with Crippen LogP contribution < -0.4 is 0 Å². The maximum atomic E-state index is 12.5. The van der Waals surface area contributed by atoms with Gasteiger partial charge in [0.1, 0.15) is 6.54 Å². The van der Waals surface area contributed by atoms with Gasteiger partial charge in [-0.25, -0.2) is 4.68 Å². The molecule has 3 atom stereocenters. The molecule has 7 nitrogen and oxygen atoms in total. The van der Waals surface area contributed by atoms with Gasteiger partial charge in [-0.3, -0.25) is 9.59 Å². The van der Waals surface area contributed by atoms with Gasteiger partial charge >= 0.3 is 5.97 Å². The lowest BCUT2D eigenvalue weighted by atomic mass is 9.86. The number of likely N-dealkylation sites (tertiary alicyclic amines) is 1.